The van der Waals surface area contributed by atoms with Gasteiger partial charge in [-0.2, -0.15) is 0 Å². The molecule has 11 nitrogen and oxygen atoms in total. The summed E-state index contributed by atoms with van der Waals surface area (Å²) < 4.78 is 60.1. The van der Waals surface area contributed by atoms with E-state index >= 15 is 4.39 Å². The van der Waals surface area contributed by atoms with Crippen molar-refractivity contribution in [2.24, 2.45) is 0 Å². The number of pyridine rings is 1. The minimum absolute atomic E-state index is 0.165. The van der Waals surface area contributed by atoms with Crippen LogP contribution < -0.4 is 9.04 Å². The monoisotopic (exact) mass is 680 g/mol. The normalized spacial score (nSPS) is 15.7. The SMILES string of the molecule is CC(C)(C)OC(=O)N1CCC=C(c2ccncc2)C1COc1cc(F)c(S(=O)(=O)N(C(=O)OC(C)(C)C)c2cscn2)cc1Cl. The summed E-state index contributed by atoms with van der Waals surface area (Å²) in [6.45, 7) is 10.1. The van der Waals surface area contributed by atoms with E-state index in [1.807, 2.05) is 6.08 Å². The Morgan fingerprint density at radius 3 is 2.38 bits per heavy atom. The first-order valence-electron chi connectivity index (χ1n) is 13.9. The molecular formula is C30H34ClFN4O7S2. The van der Waals surface area contributed by atoms with Gasteiger partial charge in [-0.05, 0) is 77.3 Å². The molecule has 15 heteroatoms. The lowest BCUT2D eigenvalue weighted by Gasteiger charge is -2.37. The molecule has 45 heavy (non-hydrogen) atoms. The largest absolute Gasteiger partial charge is 0.489 e. The average Bonchev–Trinajstić information content (AvgIpc) is 3.45. The molecular weight excluding hydrogens is 647 g/mol. The smallest absolute Gasteiger partial charge is 0.430 e. The van der Waals surface area contributed by atoms with Crippen molar-refractivity contribution in [3.05, 3.63) is 70.0 Å². The highest BCUT2D eigenvalue weighted by Gasteiger charge is 2.39. The van der Waals surface area contributed by atoms with Crippen LogP contribution in [0.4, 0.5) is 19.8 Å². The van der Waals surface area contributed by atoms with E-state index in [0.29, 0.717) is 13.0 Å². The van der Waals surface area contributed by atoms with E-state index in [2.05, 4.69) is 9.97 Å². The fourth-order valence-electron chi connectivity index (χ4n) is 4.40. The number of sulfonamides is 1. The number of benzene rings is 1. The fourth-order valence-corrected chi connectivity index (χ4v) is 6.62. The standard InChI is InChI=1S/C30H34ClFN4O7S2/c1-29(2,3)42-27(37)35-13-7-8-20(19-9-11-33-12-10-19)23(35)16-41-24-15-22(32)25(14-21(24)31)45(39,40)36(26-17-44-18-34-26)28(38)43-30(4,5)6/h8-12,14-15,17-18,23H,7,13,16H2,1-6H3. The number of nitrogens with zero attached hydrogens (tertiary/aromatic N) is 4. The van der Waals surface area contributed by atoms with Crippen molar-refractivity contribution in [2.75, 3.05) is 17.5 Å². The van der Waals surface area contributed by atoms with Crippen LogP contribution in [0.25, 0.3) is 5.57 Å². The number of thiazole rings is 1. The van der Waals surface area contributed by atoms with Crippen molar-refractivity contribution < 1.29 is 36.6 Å². The molecule has 1 aliphatic heterocycles. The number of carbonyl (C=O) groups excluding carboxylic acids is 2. The molecule has 0 saturated carbocycles. The van der Waals surface area contributed by atoms with Crippen LogP contribution in [0, 0.1) is 5.82 Å². The van der Waals surface area contributed by atoms with E-state index in [9.17, 15) is 18.0 Å². The number of amides is 2. The molecule has 0 spiro atoms. The third-order valence-electron chi connectivity index (χ3n) is 6.20. The highest BCUT2D eigenvalue weighted by atomic mass is 35.5. The Labute approximate surface area is 270 Å². The van der Waals surface area contributed by atoms with Gasteiger partial charge in [0.1, 0.15) is 34.3 Å². The minimum atomic E-state index is -4.88. The molecule has 1 aromatic carbocycles. The van der Waals surface area contributed by atoms with Gasteiger partial charge < -0.3 is 14.2 Å². The average molecular weight is 681 g/mol. The Bertz CT molecular complexity index is 1670. The van der Waals surface area contributed by atoms with Crippen molar-refractivity contribution in [3.8, 4) is 5.75 Å². The molecule has 1 aliphatic rings. The number of hydrogen-bond donors (Lipinski definition) is 0. The summed E-state index contributed by atoms with van der Waals surface area (Å²) in [6.07, 6.45) is 3.96. The first kappa shape index (κ1) is 34.1. The molecule has 0 radical (unpaired) electrons. The Morgan fingerprint density at radius 2 is 1.78 bits per heavy atom. The van der Waals surface area contributed by atoms with Crippen LogP contribution in [0.15, 0.2) is 58.5 Å². The maximum absolute atomic E-state index is 15.6. The molecule has 1 atom stereocenters. The Morgan fingerprint density at radius 1 is 1.11 bits per heavy atom. The molecule has 0 bridgehead atoms. The van der Waals surface area contributed by atoms with Gasteiger partial charge in [-0.15, -0.1) is 15.6 Å². The summed E-state index contributed by atoms with van der Waals surface area (Å²) in [7, 11) is -4.88. The zero-order chi connectivity index (χ0) is 33.2. The summed E-state index contributed by atoms with van der Waals surface area (Å²) in [5, 5.41) is 1.07. The van der Waals surface area contributed by atoms with Crippen LogP contribution in [-0.2, 0) is 19.5 Å². The number of aromatic nitrogens is 2. The number of hydrogen-bond acceptors (Lipinski definition) is 10. The molecule has 0 fully saturated rings. The molecule has 3 heterocycles. The number of anilines is 1. The zero-order valence-electron chi connectivity index (χ0n) is 25.6. The number of rotatable bonds is 7. The molecule has 4 rings (SSSR count). The summed E-state index contributed by atoms with van der Waals surface area (Å²) in [4.78, 5) is 34.8. The molecule has 0 N–H and O–H groups in total. The van der Waals surface area contributed by atoms with Gasteiger partial charge >= 0.3 is 12.2 Å². The Kier molecular flexibility index (Phi) is 10.1. The third-order valence-corrected chi connectivity index (χ3v) is 8.75. The Hall–Kier alpha value is -3.75. The summed E-state index contributed by atoms with van der Waals surface area (Å²) in [5.41, 5.74) is 1.09. The van der Waals surface area contributed by atoms with Crippen molar-refractivity contribution in [1.29, 1.82) is 0 Å². The predicted octanol–water partition coefficient (Wildman–Crippen LogP) is 6.93. The van der Waals surface area contributed by atoms with Gasteiger partial charge in [0.15, 0.2) is 5.82 Å². The highest BCUT2D eigenvalue weighted by molar-refractivity contribution is 7.93. The van der Waals surface area contributed by atoms with Gasteiger partial charge in [-0.3, -0.25) is 9.88 Å². The van der Waals surface area contributed by atoms with Crippen molar-refractivity contribution >= 4 is 56.5 Å². The lowest BCUT2D eigenvalue weighted by Crippen LogP contribution is -2.48. The third kappa shape index (κ3) is 8.30. The molecule has 2 aromatic heterocycles. The van der Waals surface area contributed by atoms with Crippen molar-refractivity contribution in [1.82, 2.24) is 14.9 Å². The van der Waals surface area contributed by atoms with Gasteiger partial charge in [0, 0.05) is 30.4 Å². The summed E-state index contributed by atoms with van der Waals surface area (Å²) in [5.74, 6) is -1.66. The summed E-state index contributed by atoms with van der Waals surface area (Å²) >= 11 is 7.49. The first-order chi connectivity index (χ1) is 21.0. The van der Waals surface area contributed by atoms with Crippen LogP contribution in [0.3, 0.4) is 0 Å². The molecule has 242 valence electrons. The molecule has 2 amide bonds. The topological polar surface area (TPSA) is 128 Å². The highest BCUT2D eigenvalue weighted by Crippen LogP contribution is 2.35. The quantitative estimate of drug-likeness (QED) is 0.261. The van der Waals surface area contributed by atoms with Gasteiger partial charge in [-0.25, -0.2) is 27.4 Å². The second-order valence-electron chi connectivity index (χ2n) is 12.0. The number of carbonyl (C=O) groups is 2. The number of halogens is 2. The van der Waals surface area contributed by atoms with Gasteiger partial charge in [0.25, 0.3) is 10.0 Å². The second-order valence-corrected chi connectivity index (χ2v) is 14.9. The molecule has 3 aromatic rings. The Balaban J connectivity index is 1.66. The zero-order valence-corrected chi connectivity index (χ0v) is 28.0. The molecule has 0 aliphatic carbocycles. The van der Waals surface area contributed by atoms with Gasteiger partial charge in [-0.1, -0.05) is 17.7 Å². The van der Waals surface area contributed by atoms with Crippen molar-refractivity contribution in [2.45, 2.75) is 70.1 Å². The van der Waals surface area contributed by atoms with Crippen LogP contribution in [-0.4, -0.2) is 65.9 Å². The van der Waals surface area contributed by atoms with Crippen molar-refractivity contribution in [3.63, 3.8) is 0 Å². The maximum Gasteiger partial charge on any atom is 0.430 e. The van der Waals surface area contributed by atoms with Gasteiger partial charge in [0.05, 0.1) is 16.6 Å². The summed E-state index contributed by atoms with van der Waals surface area (Å²) in [6, 6.07) is 4.61. The fraction of sp³-hybridized carbons (Fsp3) is 0.400. The molecule has 1 unspecified atom stereocenters. The van der Waals surface area contributed by atoms with Gasteiger partial charge in [0.2, 0.25) is 0 Å². The lowest BCUT2D eigenvalue weighted by molar-refractivity contribution is 0.0162. The van der Waals surface area contributed by atoms with Crippen LogP contribution in [0.5, 0.6) is 5.75 Å². The van der Waals surface area contributed by atoms with Crippen LogP contribution in [0.2, 0.25) is 5.02 Å². The second kappa shape index (κ2) is 13.3. The van der Waals surface area contributed by atoms with Crippen LogP contribution in [0.1, 0.15) is 53.5 Å². The van der Waals surface area contributed by atoms with E-state index in [1.54, 1.807) is 66.1 Å². The predicted molar refractivity (Wildman–Crippen MR) is 168 cm³/mol. The van der Waals surface area contributed by atoms with E-state index < -0.39 is 50.2 Å². The van der Waals surface area contributed by atoms with E-state index in [1.165, 1.54) is 15.8 Å². The number of ether oxygens (including phenoxy) is 3. The lowest BCUT2D eigenvalue weighted by atomic mass is 9.94. The minimum Gasteiger partial charge on any atom is -0.489 e. The van der Waals surface area contributed by atoms with E-state index in [-0.39, 0.29) is 27.5 Å². The first-order valence-corrected chi connectivity index (χ1v) is 16.6. The van der Waals surface area contributed by atoms with Crippen LogP contribution >= 0.6 is 22.9 Å². The molecule has 0 saturated heterocycles. The van der Waals surface area contributed by atoms with E-state index in [4.69, 9.17) is 25.8 Å². The maximum atomic E-state index is 15.6. The van der Waals surface area contributed by atoms with E-state index in [0.717, 1.165) is 34.6 Å².